The Morgan fingerprint density at radius 2 is 1.91 bits per heavy atom. The standard InChI is InChI=1S/C19H17FN2O/c1-11-18(13-7-3-5-9-16(13)21-11)19(23)22-17-10-14(17)12-6-2-4-8-15(12)20/h2-9,14,17,21H,10H2,1H3,(H,22,23)/t14-,17+/m0/s1. The summed E-state index contributed by atoms with van der Waals surface area (Å²) in [6, 6.07) is 14.5. The van der Waals surface area contributed by atoms with Crippen LogP contribution in [0.4, 0.5) is 4.39 Å². The molecule has 2 atom stereocenters. The van der Waals surface area contributed by atoms with Crippen LogP contribution in [0.5, 0.6) is 0 Å². The fraction of sp³-hybridized carbons (Fsp3) is 0.211. The van der Waals surface area contributed by atoms with Gasteiger partial charge in [0, 0.05) is 28.6 Å². The van der Waals surface area contributed by atoms with Gasteiger partial charge in [-0.2, -0.15) is 0 Å². The van der Waals surface area contributed by atoms with Crippen molar-refractivity contribution in [3.05, 3.63) is 71.2 Å². The lowest BCUT2D eigenvalue weighted by Gasteiger charge is -2.06. The summed E-state index contributed by atoms with van der Waals surface area (Å²) in [4.78, 5) is 15.9. The molecule has 4 rings (SSSR count). The molecule has 116 valence electrons. The van der Waals surface area contributed by atoms with Gasteiger partial charge in [-0.05, 0) is 31.0 Å². The number of aryl methyl sites for hydroxylation is 1. The van der Waals surface area contributed by atoms with Crippen molar-refractivity contribution in [1.29, 1.82) is 0 Å². The molecule has 1 fully saturated rings. The van der Waals surface area contributed by atoms with Crippen LogP contribution >= 0.6 is 0 Å². The Morgan fingerprint density at radius 1 is 1.17 bits per heavy atom. The highest BCUT2D eigenvalue weighted by Crippen LogP contribution is 2.42. The molecule has 23 heavy (non-hydrogen) atoms. The number of aromatic amines is 1. The Bertz CT molecular complexity index is 899. The monoisotopic (exact) mass is 308 g/mol. The number of carbonyl (C=O) groups excluding carboxylic acids is 1. The quantitative estimate of drug-likeness (QED) is 0.757. The van der Waals surface area contributed by atoms with Gasteiger partial charge in [0.05, 0.1) is 5.56 Å². The summed E-state index contributed by atoms with van der Waals surface area (Å²) in [5.74, 6) is -0.216. The minimum absolute atomic E-state index is 0.00691. The molecule has 0 spiro atoms. The van der Waals surface area contributed by atoms with Crippen molar-refractivity contribution >= 4 is 16.8 Å². The lowest BCUT2D eigenvalue weighted by molar-refractivity contribution is 0.0951. The zero-order chi connectivity index (χ0) is 16.0. The van der Waals surface area contributed by atoms with E-state index in [4.69, 9.17) is 0 Å². The molecule has 1 aromatic heterocycles. The summed E-state index contributed by atoms with van der Waals surface area (Å²) < 4.78 is 13.8. The van der Waals surface area contributed by atoms with Crippen LogP contribution in [-0.4, -0.2) is 16.9 Å². The highest BCUT2D eigenvalue weighted by molar-refractivity contribution is 6.08. The smallest absolute Gasteiger partial charge is 0.253 e. The van der Waals surface area contributed by atoms with E-state index >= 15 is 0 Å². The van der Waals surface area contributed by atoms with Crippen LogP contribution in [0.15, 0.2) is 48.5 Å². The third-order valence-electron chi connectivity index (χ3n) is 4.53. The number of halogens is 1. The second kappa shape index (κ2) is 5.23. The largest absolute Gasteiger partial charge is 0.358 e. The van der Waals surface area contributed by atoms with Crippen LogP contribution in [0, 0.1) is 12.7 Å². The van der Waals surface area contributed by atoms with Crippen molar-refractivity contribution in [3.63, 3.8) is 0 Å². The second-order valence-corrected chi connectivity index (χ2v) is 6.11. The Balaban J connectivity index is 1.55. The van der Waals surface area contributed by atoms with Crippen molar-refractivity contribution in [2.24, 2.45) is 0 Å². The minimum Gasteiger partial charge on any atom is -0.358 e. The molecule has 0 aliphatic heterocycles. The molecular formula is C19H17FN2O. The van der Waals surface area contributed by atoms with Gasteiger partial charge in [-0.25, -0.2) is 4.39 Å². The minimum atomic E-state index is -0.197. The first-order chi connectivity index (χ1) is 11.1. The van der Waals surface area contributed by atoms with Crippen LogP contribution in [-0.2, 0) is 0 Å². The number of carbonyl (C=O) groups is 1. The molecule has 1 saturated carbocycles. The molecule has 0 unspecified atom stereocenters. The number of rotatable bonds is 3. The van der Waals surface area contributed by atoms with E-state index in [9.17, 15) is 9.18 Å². The molecule has 3 aromatic rings. The highest BCUT2D eigenvalue weighted by Gasteiger charge is 2.41. The van der Waals surface area contributed by atoms with Crippen molar-refractivity contribution in [1.82, 2.24) is 10.3 Å². The average Bonchev–Trinajstić information content (AvgIpc) is 3.19. The zero-order valence-corrected chi connectivity index (χ0v) is 12.8. The molecule has 1 aliphatic rings. The lowest BCUT2D eigenvalue weighted by atomic mass is 10.1. The third kappa shape index (κ3) is 2.40. The number of H-pyrrole nitrogens is 1. The van der Waals surface area contributed by atoms with E-state index in [0.29, 0.717) is 11.1 Å². The molecule has 0 saturated heterocycles. The van der Waals surface area contributed by atoms with Crippen molar-refractivity contribution < 1.29 is 9.18 Å². The Morgan fingerprint density at radius 3 is 2.74 bits per heavy atom. The number of nitrogens with one attached hydrogen (secondary N) is 2. The summed E-state index contributed by atoms with van der Waals surface area (Å²) in [6.45, 7) is 1.90. The number of fused-ring (bicyclic) bond motifs is 1. The first kappa shape index (κ1) is 14.0. The molecule has 2 N–H and O–H groups in total. The maximum Gasteiger partial charge on any atom is 0.253 e. The second-order valence-electron chi connectivity index (χ2n) is 6.11. The Hall–Kier alpha value is -2.62. The summed E-state index contributed by atoms with van der Waals surface area (Å²) in [6.07, 6.45) is 0.786. The summed E-state index contributed by atoms with van der Waals surface area (Å²) in [7, 11) is 0. The van der Waals surface area contributed by atoms with Crippen LogP contribution in [0.2, 0.25) is 0 Å². The first-order valence-corrected chi connectivity index (χ1v) is 7.77. The van der Waals surface area contributed by atoms with Gasteiger partial charge in [-0.15, -0.1) is 0 Å². The fourth-order valence-corrected chi connectivity index (χ4v) is 3.28. The maximum atomic E-state index is 13.8. The lowest BCUT2D eigenvalue weighted by Crippen LogP contribution is -2.27. The van der Waals surface area contributed by atoms with Gasteiger partial charge in [0.15, 0.2) is 0 Å². The normalized spacial score (nSPS) is 19.7. The maximum absolute atomic E-state index is 13.8. The topological polar surface area (TPSA) is 44.9 Å². The van der Waals surface area contributed by atoms with Crippen LogP contribution in [0.25, 0.3) is 10.9 Å². The number of hydrogen-bond acceptors (Lipinski definition) is 1. The van der Waals surface area contributed by atoms with Gasteiger partial charge < -0.3 is 10.3 Å². The molecule has 1 aliphatic carbocycles. The van der Waals surface area contributed by atoms with Gasteiger partial charge >= 0.3 is 0 Å². The number of benzene rings is 2. The summed E-state index contributed by atoms with van der Waals surface area (Å²) in [5.41, 5.74) is 3.18. The molecule has 0 radical (unpaired) electrons. The number of amides is 1. The van der Waals surface area contributed by atoms with Crippen LogP contribution in [0.3, 0.4) is 0 Å². The SMILES string of the molecule is Cc1[nH]c2ccccc2c1C(=O)N[C@@H]1C[C@H]1c1ccccc1F. The number of hydrogen-bond donors (Lipinski definition) is 2. The van der Waals surface area contributed by atoms with E-state index in [2.05, 4.69) is 10.3 Å². The molecule has 2 aromatic carbocycles. The molecule has 3 nitrogen and oxygen atoms in total. The first-order valence-electron chi connectivity index (χ1n) is 7.77. The van der Waals surface area contributed by atoms with E-state index in [-0.39, 0.29) is 23.7 Å². The predicted octanol–water partition coefficient (Wildman–Crippen LogP) is 3.90. The Labute approximate surface area is 133 Å². The molecular weight excluding hydrogens is 291 g/mol. The van der Waals surface area contributed by atoms with Gasteiger partial charge in [0.1, 0.15) is 5.82 Å². The van der Waals surface area contributed by atoms with Gasteiger partial charge in [0.2, 0.25) is 0 Å². The van der Waals surface area contributed by atoms with Gasteiger partial charge in [-0.1, -0.05) is 36.4 Å². The van der Waals surface area contributed by atoms with Crippen molar-refractivity contribution in [2.45, 2.75) is 25.3 Å². The van der Waals surface area contributed by atoms with E-state index < -0.39 is 0 Å². The average molecular weight is 308 g/mol. The van der Waals surface area contributed by atoms with E-state index in [0.717, 1.165) is 23.0 Å². The van der Waals surface area contributed by atoms with E-state index in [1.165, 1.54) is 6.07 Å². The van der Waals surface area contributed by atoms with Crippen LogP contribution in [0.1, 0.15) is 34.0 Å². The van der Waals surface area contributed by atoms with E-state index in [1.807, 2.05) is 37.3 Å². The highest BCUT2D eigenvalue weighted by atomic mass is 19.1. The number of aromatic nitrogens is 1. The van der Waals surface area contributed by atoms with Crippen molar-refractivity contribution in [3.8, 4) is 0 Å². The molecule has 0 bridgehead atoms. The Kier molecular flexibility index (Phi) is 3.18. The fourth-order valence-electron chi connectivity index (χ4n) is 3.28. The van der Waals surface area contributed by atoms with E-state index in [1.54, 1.807) is 12.1 Å². The summed E-state index contributed by atoms with van der Waals surface area (Å²) >= 11 is 0. The van der Waals surface area contributed by atoms with Crippen molar-refractivity contribution in [2.75, 3.05) is 0 Å². The summed E-state index contributed by atoms with van der Waals surface area (Å²) in [5, 5.41) is 3.96. The zero-order valence-electron chi connectivity index (χ0n) is 12.8. The van der Waals surface area contributed by atoms with Gasteiger partial charge in [-0.3, -0.25) is 4.79 Å². The van der Waals surface area contributed by atoms with Crippen LogP contribution < -0.4 is 5.32 Å². The molecule has 1 heterocycles. The third-order valence-corrected chi connectivity index (χ3v) is 4.53. The molecule has 4 heteroatoms. The predicted molar refractivity (Wildman–Crippen MR) is 88.0 cm³/mol. The number of para-hydroxylation sites is 1. The van der Waals surface area contributed by atoms with Gasteiger partial charge in [0.25, 0.3) is 5.91 Å². The molecule has 1 amide bonds.